The number of benzene rings is 4. The Hall–Kier alpha value is -4.09. The predicted octanol–water partition coefficient (Wildman–Crippen LogP) is 8.54. The Morgan fingerprint density at radius 1 is 0.784 bits per heavy atom. The van der Waals surface area contributed by atoms with E-state index < -0.39 is 5.60 Å². The summed E-state index contributed by atoms with van der Waals surface area (Å²) in [5.41, 5.74) is 13.7. The Morgan fingerprint density at radius 2 is 1.59 bits per heavy atom. The van der Waals surface area contributed by atoms with Crippen molar-refractivity contribution in [2.75, 3.05) is 0 Å². The number of hydrogen-bond acceptors (Lipinski definition) is 1. The van der Waals surface area contributed by atoms with Crippen molar-refractivity contribution in [2.45, 2.75) is 18.4 Å². The Balaban J connectivity index is 1.59. The van der Waals surface area contributed by atoms with Gasteiger partial charge in [0.2, 0.25) is 0 Å². The fourth-order valence-electron chi connectivity index (χ4n) is 5.32. The highest BCUT2D eigenvalue weighted by Crippen LogP contribution is 2.44. The molecule has 0 bridgehead atoms. The Morgan fingerprint density at radius 3 is 2.43 bits per heavy atom. The molecule has 37 heavy (non-hydrogen) atoms. The summed E-state index contributed by atoms with van der Waals surface area (Å²) in [4.78, 5) is 0. The van der Waals surface area contributed by atoms with Gasteiger partial charge in [-0.2, -0.15) is 0 Å². The van der Waals surface area contributed by atoms with Crippen LogP contribution in [-0.4, -0.2) is 5.11 Å². The van der Waals surface area contributed by atoms with E-state index in [0.717, 1.165) is 40.7 Å². The fraction of sp³-hybridized carbons (Fsp3) is 0.0857. The average Bonchev–Trinajstić information content (AvgIpc) is 2.97. The van der Waals surface area contributed by atoms with Crippen molar-refractivity contribution in [1.29, 1.82) is 0 Å². The van der Waals surface area contributed by atoms with E-state index in [-0.39, 0.29) is 0 Å². The largest absolute Gasteiger partial charge is 0.375 e. The standard InChI is InChI=1S/C35H25ClO/c36-32-20-21-33(29-19-18-26-12-7-8-13-27(26)22-29)34(24-32)35(37,30-15-5-2-6-16-30)31-17-9-14-28(23-31)25-10-3-1-4-11-25/h1-5,7-15,17,20-24,37H,18-19H2. The van der Waals surface area contributed by atoms with Crippen LogP contribution in [0, 0.1) is 0 Å². The smallest absolute Gasteiger partial charge is 0.148 e. The van der Waals surface area contributed by atoms with Crippen LogP contribution in [0.1, 0.15) is 34.2 Å². The summed E-state index contributed by atoms with van der Waals surface area (Å²) in [6, 6.07) is 32.7. The van der Waals surface area contributed by atoms with Gasteiger partial charge >= 0.3 is 0 Å². The molecular weight excluding hydrogens is 472 g/mol. The first-order valence-electron chi connectivity index (χ1n) is 12.5. The molecule has 0 amide bonds. The van der Waals surface area contributed by atoms with E-state index in [9.17, 15) is 5.11 Å². The van der Waals surface area contributed by atoms with Crippen molar-refractivity contribution >= 4 is 23.3 Å². The summed E-state index contributed by atoms with van der Waals surface area (Å²) in [6.07, 6.45) is 9.67. The van der Waals surface area contributed by atoms with E-state index in [1.807, 2.05) is 60.7 Å². The number of aliphatic hydroxyl groups is 1. The zero-order valence-corrected chi connectivity index (χ0v) is 21.0. The first-order valence-corrected chi connectivity index (χ1v) is 12.9. The first-order chi connectivity index (χ1) is 18.1. The predicted molar refractivity (Wildman–Crippen MR) is 153 cm³/mol. The maximum atomic E-state index is 12.8. The molecule has 4 aromatic rings. The van der Waals surface area contributed by atoms with E-state index in [4.69, 9.17) is 11.6 Å². The van der Waals surface area contributed by atoms with Gasteiger partial charge in [-0.15, -0.1) is 0 Å². The highest BCUT2D eigenvalue weighted by Gasteiger charge is 2.38. The van der Waals surface area contributed by atoms with Crippen molar-refractivity contribution in [3.05, 3.63) is 165 Å². The number of hydrogen-bond donors (Lipinski definition) is 1. The molecule has 2 heteroatoms. The molecule has 6 rings (SSSR count). The molecular formula is C35H25ClO. The molecule has 178 valence electrons. The molecule has 0 fully saturated rings. The van der Waals surface area contributed by atoms with Crippen LogP contribution in [0.25, 0.3) is 22.8 Å². The van der Waals surface area contributed by atoms with E-state index in [2.05, 4.69) is 66.1 Å². The van der Waals surface area contributed by atoms with Gasteiger partial charge < -0.3 is 5.11 Å². The molecule has 1 N–H and O–H groups in total. The van der Waals surface area contributed by atoms with E-state index in [0.29, 0.717) is 10.6 Å². The van der Waals surface area contributed by atoms with Gasteiger partial charge in [-0.1, -0.05) is 114 Å². The second kappa shape index (κ2) is 9.75. The molecule has 1 nitrogen and oxygen atoms in total. The lowest BCUT2D eigenvalue weighted by atomic mass is 9.75. The molecule has 1 unspecified atom stereocenters. The van der Waals surface area contributed by atoms with Gasteiger partial charge in [-0.3, -0.25) is 0 Å². The maximum absolute atomic E-state index is 12.8. The zero-order valence-electron chi connectivity index (χ0n) is 20.3. The Bertz CT molecular complexity index is 1660. The molecule has 2 aliphatic rings. The molecule has 2 aliphatic carbocycles. The minimum atomic E-state index is -1.49. The lowest BCUT2D eigenvalue weighted by molar-refractivity contribution is 0.125. The second-order valence-electron chi connectivity index (χ2n) is 9.42. The van der Waals surface area contributed by atoms with Gasteiger partial charge in [0, 0.05) is 16.2 Å². The van der Waals surface area contributed by atoms with Crippen LogP contribution in [0.3, 0.4) is 0 Å². The van der Waals surface area contributed by atoms with Gasteiger partial charge in [0.1, 0.15) is 5.60 Å². The third kappa shape index (κ3) is 4.36. The normalized spacial score (nSPS) is 15.5. The van der Waals surface area contributed by atoms with Gasteiger partial charge in [0.15, 0.2) is 0 Å². The van der Waals surface area contributed by atoms with Crippen molar-refractivity contribution in [2.24, 2.45) is 0 Å². The summed E-state index contributed by atoms with van der Waals surface area (Å²) in [5, 5.41) is 13.4. The first kappa shape index (κ1) is 23.3. The topological polar surface area (TPSA) is 20.2 Å². The van der Waals surface area contributed by atoms with Crippen LogP contribution in [-0.2, 0) is 12.0 Å². The Labute approximate surface area is 222 Å². The van der Waals surface area contributed by atoms with Gasteiger partial charge in [-0.05, 0) is 82.1 Å². The SMILES string of the molecule is OC(C1=C=C=CC=C1)(c1cccc(-c2ccccc2)c1)c1cc(Cl)ccc1C1=Cc2ccccc2CC1. The van der Waals surface area contributed by atoms with Gasteiger partial charge in [-0.25, -0.2) is 0 Å². The van der Waals surface area contributed by atoms with Crippen molar-refractivity contribution in [1.82, 2.24) is 0 Å². The minimum absolute atomic E-state index is 0.577. The maximum Gasteiger partial charge on any atom is 0.148 e. The molecule has 0 heterocycles. The summed E-state index contributed by atoms with van der Waals surface area (Å²) in [6.45, 7) is 0. The highest BCUT2D eigenvalue weighted by atomic mass is 35.5. The van der Waals surface area contributed by atoms with Crippen LogP contribution in [0.15, 0.2) is 132 Å². The lowest BCUT2D eigenvalue weighted by Gasteiger charge is -2.33. The van der Waals surface area contributed by atoms with Crippen LogP contribution in [0.2, 0.25) is 5.02 Å². The Kier molecular flexibility index (Phi) is 6.15. The zero-order chi connectivity index (χ0) is 25.2. The summed E-state index contributed by atoms with van der Waals surface area (Å²) >= 11 is 6.60. The fourth-order valence-corrected chi connectivity index (χ4v) is 5.49. The van der Waals surface area contributed by atoms with Crippen LogP contribution in [0.5, 0.6) is 0 Å². The summed E-state index contributed by atoms with van der Waals surface area (Å²) in [7, 11) is 0. The number of allylic oxidation sites excluding steroid dienone is 3. The van der Waals surface area contributed by atoms with Crippen molar-refractivity contribution in [3.8, 4) is 11.1 Å². The number of halogens is 1. The lowest BCUT2D eigenvalue weighted by Crippen LogP contribution is -2.30. The highest BCUT2D eigenvalue weighted by molar-refractivity contribution is 6.30. The average molecular weight is 497 g/mol. The van der Waals surface area contributed by atoms with Crippen LogP contribution in [0.4, 0.5) is 0 Å². The van der Waals surface area contributed by atoms with Crippen molar-refractivity contribution < 1.29 is 5.11 Å². The van der Waals surface area contributed by atoms with Gasteiger partial charge in [0.05, 0.1) is 0 Å². The van der Waals surface area contributed by atoms with E-state index >= 15 is 0 Å². The quantitative estimate of drug-likeness (QED) is 0.274. The molecule has 0 radical (unpaired) electrons. The van der Waals surface area contributed by atoms with E-state index in [1.165, 1.54) is 16.7 Å². The third-order valence-electron chi connectivity index (χ3n) is 7.19. The van der Waals surface area contributed by atoms with Crippen LogP contribution < -0.4 is 0 Å². The molecule has 1 atom stereocenters. The number of fused-ring (bicyclic) bond motifs is 1. The number of rotatable bonds is 5. The molecule has 0 aliphatic heterocycles. The molecule has 0 spiro atoms. The monoisotopic (exact) mass is 496 g/mol. The molecule has 0 aromatic heterocycles. The molecule has 0 saturated heterocycles. The minimum Gasteiger partial charge on any atom is -0.375 e. The summed E-state index contributed by atoms with van der Waals surface area (Å²) in [5.74, 6) is 0. The van der Waals surface area contributed by atoms with Gasteiger partial charge in [0.25, 0.3) is 0 Å². The summed E-state index contributed by atoms with van der Waals surface area (Å²) < 4.78 is 0. The number of aryl methyl sites for hydroxylation is 1. The molecule has 4 aromatic carbocycles. The third-order valence-corrected chi connectivity index (χ3v) is 7.43. The molecule has 0 saturated carbocycles. The van der Waals surface area contributed by atoms with Crippen molar-refractivity contribution in [3.63, 3.8) is 0 Å². The van der Waals surface area contributed by atoms with E-state index in [1.54, 1.807) is 6.08 Å². The second-order valence-corrected chi connectivity index (χ2v) is 9.86. The van der Waals surface area contributed by atoms with Crippen LogP contribution >= 0.6 is 11.6 Å².